The number of hydrogen-bond donors (Lipinski definition) is 1. The molecule has 1 amide bonds. The molecule has 1 aromatic heterocycles. The number of fused-ring (bicyclic) bond motifs is 1. The molecule has 0 aliphatic rings. The van der Waals surface area contributed by atoms with Gasteiger partial charge in [-0.25, -0.2) is 9.97 Å². The quantitative estimate of drug-likeness (QED) is 0.766. The Bertz CT molecular complexity index is 916. The van der Waals surface area contributed by atoms with E-state index in [1.807, 2.05) is 44.2 Å². The van der Waals surface area contributed by atoms with Crippen molar-refractivity contribution >= 4 is 22.6 Å². The van der Waals surface area contributed by atoms with E-state index in [1.165, 1.54) is 0 Å². The number of rotatable bonds is 3. The number of benzene rings is 2. The Labute approximate surface area is 142 Å². The molecule has 0 saturated carbocycles. The number of carbonyl (C=O) groups is 1. The lowest BCUT2D eigenvalue weighted by atomic mass is 10.0. The zero-order chi connectivity index (χ0) is 17.3. The molecule has 0 unspecified atom stereocenters. The van der Waals surface area contributed by atoms with Crippen molar-refractivity contribution in [1.82, 2.24) is 9.97 Å². The summed E-state index contributed by atoms with van der Waals surface area (Å²) in [4.78, 5) is 21.7. The monoisotopic (exact) mass is 319 g/mol. The summed E-state index contributed by atoms with van der Waals surface area (Å²) in [5, 5.41) is 3.01. The minimum Gasteiger partial charge on any atom is -0.322 e. The molecule has 1 N–H and O–H groups in total. The van der Waals surface area contributed by atoms with Crippen LogP contribution in [-0.2, 0) is 0 Å². The molecule has 4 heteroatoms. The Morgan fingerprint density at radius 2 is 1.62 bits per heavy atom. The minimum atomic E-state index is -0.134. The first-order chi connectivity index (χ1) is 11.5. The van der Waals surface area contributed by atoms with Gasteiger partial charge in [-0.05, 0) is 49.6 Å². The summed E-state index contributed by atoms with van der Waals surface area (Å²) in [7, 11) is 0. The summed E-state index contributed by atoms with van der Waals surface area (Å²) in [6, 6.07) is 13.3. The highest BCUT2D eigenvalue weighted by atomic mass is 16.1. The fourth-order valence-electron chi connectivity index (χ4n) is 2.68. The Balaban J connectivity index is 1.93. The molecule has 1 heterocycles. The average Bonchev–Trinajstić information content (AvgIpc) is 2.55. The summed E-state index contributed by atoms with van der Waals surface area (Å²) in [6.07, 6.45) is 0. The maximum absolute atomic E-state index is 12.6. The maximum atomic E-state index is 12.6. The lowest BCUT2D eigenvalue weighted by molar-refractivity contribution is 0.102. The highest BCUT2D eigenvalue weighted by Crippen LogP contribution is 2.24. The molecule has 0 saturated heterocycles. The number of aryl methyl sites for hydroxylation is 2. The van der Waals surface area contributed by atoms with Crippen LogP contribution in [0.15, 0.2) is 42.5 Å². The SMILES string of the molecule is Cc1nc2ccc(C(=O)Nc3ccccc3C(C)C)cc2nc1C. The average molecular weight is 319 g/mol. The number of carbonyl (C=O) groups excluding carboxylic acids is 1. The van der Waals surface area contributed by atoms with Crippen LogP contribution in [0.3, 0.4) is 0 Å². The van der Waals surface area contributed by atoms with Crippen LogP contribution in [0.25, 0.3) is 11.0 Å². The third-order valence-electron chi connectivity index (χ3n) is 4.17. The van der Waals surface area contributed by atoms with Gasteiger partial charge >= 0.3 is 0 Å². The van der Waals surface area contributed by atoms with Crippen molar-refractivity contribution in [2.24, 2.45) is 0 Å². The first kappa shape index (κ1) is 16.1. The summed E-state index contributed by atoms with van der Waals surface area (Å²) in [6.45, 7) is 8.09. The summed E-state index contributed by atoms with van der Waals surface area (Å²) >= 11 is 0. The molecule has 0 atom stereocenters. The Morgan fingerprint density at radius 3 is 2.33 bits per heavy atom. The molecule has 24 heavy (non-hydrogen) atoms. The second-order valence-corrected chi connectivity index (χ2v) is 6.29. The van der Waals surface area contributed by atoms with Gasteiger partial charge in [-0.3, -0.25) is 4.79 Å². The van der Waals surface area contributed by atoms with Crippen LogP contribution in [0.1, 0.15) is 47.1 Å². The van der Waals surface area contributed by atoms with E-state index in [9.17, 15) is 4.79 Å². The second-order valence-electron chi connectivity index (χ2n) is 6.29. The van der Waals surface area contributed by atoms with Crippen molar-refractivity contribution in [3.05, 3.63) is 65.0 Å². The fourth-order valence-corrected chi connectivity index (χ4v) is 2.68. The molecule has 0 bridgehead atoms. The highest BCUT2D eigenvalue weighted by molar-refractivity contribution is 6.06. The normalized spacial score (nSPS) is 11.0. The van der Waals surface area contributed by atoms with Crippen molar-refractivity contribution in [2.75, 3.05) is 5.32 Å². The van der Waals surface area contributed by atoms with Gasteiger partial charge in [-0.15, -0.1) is 0 Å². The van der Waals surface area contributed by atoms with Crippen molar-refractivity contribution in [2.45, 2.75) is 33.6 Å². The molecule has 2 aromatic carbocycles. The van der Waals surface area contributed by atoms with Crippen LogP contribution < -0.4 is 5.32 Å². The van der Waals surface area contributed by atoms with Crippen LogP contribution >= 0.6 is 0 Å². The number of anilines is 1. The van der Waals surface area contributed by atoms with Gasteiger partial charge in [0, 0.05) is 11.3 Å². The van der Waals surface area contributed by atoms with E-state index in [4.69, 9.17) is 0 Å². The molecule has 0 aliphatic heterocycles. The van der Waals surface area contributed by atoms with Gasteiger partial charge in [-0.1, -0.05) is 32.0 Å². The van der Waals surface area contributed by atoms with Crippen molar-refractivity contribution in [3.63, 3.8) is 0 Å². The third kappa shape index (κ3) is 3.13. The zero-order valence-electron chi connectivity index (χ0n) is 14.4. The van der Waals surface area contributed by atoms with E-state index >= 15 is 0 Å². The molecular weight excluding hydrogens is 298 g/mol. The van der Waals surface area contributed by atoms with Gasteiger partial charge in [0.1, 0.15) is 0 Å². The van der Waals surface area contributed by atoms with Crippen LogP contribution in [0.2, 0.25) is 0 Å². The summed E-state index contributed by atoms with van der Waals surface area (Å²) < 4.78 is 0. The molecule has 122 valence electrons. The van der Waals surface area contributed by atoms with E-state index in [0.717, 1.165) is 33.7 Å². The van der Waals surface area contributed by atoms with E-state index in [0.29, 0.717) is 11.5 Å². The van der Waals surface area contributed by atoms with Crippen molar-refractivity contribution in [3.8, 4) is 0 Å². The standard InChI is InChI=1S/C20H21N3O/c1-12(2)16-7-5-6-8-17(16)23-20(24)15-9-10-18-19(11-15)22-14(4)13(3)21-18/h5-12H,1-4H3,(H,23,24). The molecule has 0 spiro atoms. The Kier molecular flexibility index (Phi) is 4.30. The fraction of sp³-hybridized carbons (Fsp3) is 0.250. The summed E-state index contributed by atoms with van der Waals surface area (Å²) in [5.74, 6) is 0.208. The van der Waals surface area contributed by atoms with Crippen LogP contribution in [-0.4, -0.2) is 15.9 Å². The van der Waals surface area contributed by atoms with E-state index in [1.54, 1.807) is 12.1 Å². The minimum absolute atomic E-state index is 0.134. The molecule has 0 fully saturated rings. The smallest absolute Gasteiger partial charge is 0.255 e. The first-order valence-corrected chi connectivity index (χ1v) is 8.11. The maximum Gasteiger partial charge on any atom is 0.255 e. The number of amides is 1. The molecule has 3 aromatic rings. The Hall–Kier alpha value is -2.75. The van der Waals surface area contributed by atoms with Gasteiger partial charge in [-0.2, -0.15) is 0 Å². The van der Waals surface area contributed by atoms with Gasteiger partial charge in [0.15, 0.2) is 0 Å². The predicted octanol–water partition coefficient (Wildman–Crippen LogP) is 4.62. The van der Waals surface area contributed by atoms with Gasteiger partial charge in [0.2, 0.25) is 0 Å². The van der Waals surface area contributed by atoms with Crippen molar-refractivity contribution < 1.29 is 4.79 Å². The predicted molar refractivity (Wildman–Crippen MR) is 97.5 cm³/mol. The van der Waals surface area contributed by atoms with E-state index in [-0.39, 0.29) is 5.91 Å². The highest BCUT2D eigenvalue weighted by Gasteiger charge is 2.12. The molecule has 3 rings (SSSR count). The van der Waals surface area contributed by atoms with Crippen LogP contribution in [0, 0.1) is 13.8 Å². The molecule has 0 radical (unpaired) electrons. The van der Waals surface area contributed by atoms with Gasteiger partial charge < -0.3 is 5.32 Å². The van der Waals surface area contributed by atoms with Crippen LogP contribution in [0.4, 0.5) is 5.69 Å². The third-order valence-corrected chi connectivity index (χ3v) is 4.17. The number of para-hydroxylation sites is 1. The zero-order valence-corrected chi connectivity index (χ0v) is 14.4. The number of nitrogens with one attached hydrogen (secondary N) is 1. The van der Waals surface area contributed by atoms with E-state index in [2.05, 4.69) is 29.1 Å². The van der Waals surface area contributed by atoms with Crippen molar-refractivity contribution in [1.29, 1.82) is 0 Å². The molecule has 0 aliphatic carbocycles. The number of aromatic nitrogens is 2. The largest absolute Gasteiger partial charge is 0.322 e. The van der Waals surface area contributed by atoms with Gasteiger partial charge in [0.05, 0.1) is 22.4 Å². The molecular formula is C20H21N3O. The number of hydrogen-bond acceptors (Lipinski definition) is 3. The van der Waals surface area contributed by atoms with E-state index < -0.39 is 0 Å². The second kappa shape index (κ2) is 6.40. The van der Waals surface area contributed by atoms with Crippen LogP contribution in [0.5, 0.6) is 0 Å². The Morgan fingerprint density at radius 1 is 0.958 bits per heavy atom. The summed E-state index contributed by atoms with van der Waals surface area (Å²) in [5.41, 5.74) is 5.89. The molecule has 4 nitrogen and oxygen atoms in total. The first-order valence-electron chi connectivity index (χ1n) is 8.11. The lowest BCUT2D eigenvalue weighted by Crippen LogP contribution is -2.13. The lowest BCUT2D eigenvalue weighted by Gasteiger charge is -2.13. The number of nitrogens with zero attached hydrogens (tertiary/aromatic N) is 2. The van der Waals surface area contributed by atoms with Gasteiger partial charge in [0.25, 0.3) is 5.91 Å². The topological polar surface area (TPSA) is 54.9 Å².